The Balaban J connectivity index is 1.35. The highest BCUT2D eigenvalue weighted by Gasteiger charge is 2.34. The van der Waals surface area contributed by atoms with E-state index >= 15 is 0 Å². The number of anilines is 3. The maximum atomic E-state index is 13.4. The van der Waals surface area contributed by atoms with Crippen LogP contribution in [0, 0.1) is 6.92 Å². The van der Waals surface area contributed by atoms with Crippen molar-refractivity contribution in [2.75, 3.05) is 10.2 Å². The van der Waals surface area contributed by atoms with Crippen LogP contribution >= 0.6 is 11.3 Å². The van der Waals surface area contributed by atoms with Crippen LogP contribution < -0.4 is 26.0 Å². The molecular weight excluding hydrogens is 476 g/mol. The van der Waals surface area contributed by atoms with E-state index in [0.29, 0.717) is 38.4 Å². The molecule has 4 N–H and O–H groups in total. The van der Waals surface area contributed by atoms with E-state index in [2.05, 4.69) is 20.6 Å². The highest BCUT2D eigenvalue weighted by molar-refractivity contribution is 7.21. The lowest BCUT2D eigenvalue weighted by Gasteiger charge is -2.29. The molecule has 182 valence electrons. The number of carbonyl (C=O) groups is 2. The Morgan fingerprint density at radius 3 is 2.78 bits per heavy atom. The molecule has 1 aliphatic carbocycles. The largest absolute Gasteiger partial charge is 0.439 e. The molecule has 3 aromatic heterocycles. The third-order valence-corrected chi connectivity index (χ3v) is 7.70. The molecule has 2 atom stereocenters. The molecule has 0 spiro atoms. The van der Waals surface area contributed by atoms with E-state index in [1.165, 1.54) is 11.3 Å². The second kappa shape index (κ2) is 8.89. The van der Waals surface area contributed by atoms with Gasteiger partial charge in [0.05, 0.1) is 28.6 Å². The van der Waals surface area contributed by atoms with Crippen LogP contribution in [0.3, 0.4) is 0 Å². The topological polar surface area (TPSA) is 122 Å². The number of thiophene rings is 1. The molecule has 9 nitrogen and oxygen atoms in total. The molecule has 36 heavy (non-hydrogen) atoms. The first-order valence-electron chi connectivity index (χ1n) is 11.8. The van der Waals surface area contributed by atoms with Crippen LogP contribution in [-0.2, 0) is 0 Å². The first-order valence-corrected chi connectivity index (χ1v) is 12.6. The first kappa shape index (κ1) is 22.4. The van der Waals surface area contributed by atoms with E-state index in [0.717, 1.165) is 30.2 Å². The fourth-order valence-electron chi connectivity index (χ4n) is 4.81. The minimum Gasteiger partial charge on any atom is -0.439 e. The summed E-state index contributed by atoms with van der Waals surface area (Å²) in [7, 11) is 0. The summed E-state index contributed by atoms with van der Waals surface area (Å²) in [5, 5.41) is 6.70. The number of pyridine rings is 2. The summed E-state index contributed by atoms with van der Waals surface area (Å²) >= 11 is 1.26. The van der Waals surface area contributed by atoms with Crippen molar-refractivity contribution < 1.29 is 14.3 Å². The van der Waals surface area contributed by atoms with Crippen molar-refractivity contribution in [1.29, 1.82) is 0 Å². The van der Waals surface area contributed by atoms with Gasteiger partial charge in [0.1, 0.15) is 15.5 Å². The number of aryl methyl sites for hydroxylation is 1. The van der Waals surface area contributed by atoms with Gasteiger partial charge in [0.15, 0.2) is 0 Å². The molecule has 2 aliphatic rings. The second-order valence-corrected chi connectivity index (χ2v) is 9.98. The number of nitrogens with two attached hydrogens (primary N) is 1. The maximum Gasteiger partial charge on any atom is 0.331 e. The monoisotopic (exact) mass is 500 g/mol. The minimum atomic E-state index is -0.373. The number of rotatable bonds is 5. The lowest BCUT2D eigenvalue weighted by Crippen LogP contribution is -2.44. The van der Waals surface area contributed by atoms with Gasteiger partial charge in [0, 0.05) is 24.3 Å². The molecule has 4 aromatic rings. The van der Waals surface area contributed by atoms with E-state index in [4.69, 9.17) is 10.5 Å². The number of nitrogens with one attached hydrogen (secondary N) is 2. The van der Waals surface area contributed by atoms with Gasteiger partial charge in [-0.1, -0.05) is 18.2 Å². The number of urea groups is 1. The molecule has 3 amide bonds. The van der Waals surface area contributed by atoms with E-state index in [-0.39, 0.29) is 24.0 Å². The van der Waals surface area contributed by atoms with Crippen molar-refractivity contribution in [3.8, 4) is 11.6 Å². The summed E-state index contributed by atoms with van der Waals surface area (Å²) in [5.74, 6) is 0.867. The Hall–Kier alpha value is -4.02. The van der Waals surface area contributed by atoms with Gasteiger partial charge in [0.2, 0.25) is 5.88 Å². The van der Waals surface area contributed by atoms with Gasteiger partial charge in [0.25, 0.3) is 5.91 Å². The zero-order valence-electron chi connectivity index (χ0n) is 19.5. The first-order chi connectivity index (χ1) is 17.5. The minimum absolute atomic E-state index is 0.0530. The third-order valence-electron chi connectivity index (χ3n) is 6.60. The van der Waals surface area contributed by atoms with Crippen molar-refractivity contribution in [3.05, 3.63) is 65.3 Å². The molecule has 10 heteroatoms. The highest BCUT2D eigenvalue weighted by atomic mass is 32.1. The van der Waals surface area contributed by atoms with Crippen molar-refractivity contribution in [3.63, 3.8) is 0 Å². The average Bonchev–Trinajstić information content (AvgIpc) is 3.45. The fraction of sp³-hybridized carbons (Fsp3) is 0.231. The predicted molar refractivity (Wildman–Crippen MR) is 139 cm³/mol. The van der Waals surface area contributed by atoms with Gasteiger partial charge in [-0.25, -0.2) is 14.8 Å². The number of para-hydroxylation sites is 1. The molecule has 1 saturated carbocycles. The summed E-state index contributed by atoms with van der Waals surface area (Å²) in [6.07, 6.45) is 6.00. The number of hydrogen-bond acceptors (Lipinski definition) is 7. The van der Waals surface area contributed by atoms with Gasteiger partial charge < -0.3 is 21.1 Å². The Morgan fingerprint density at radius 2 is 2.03 bits per heavy atom. The SMILES string of the molecule is Cc1cc(Oc2ccccc2)ncc1N1C(=O)Nc2c(C(=O)NC3CCCC3N)sc3nccc1c23. The van der Waals surface area contributed by atoms with Gasteiger partial charge in [-0.3, -0.25) is 9.69 Å². The zero-order valence-corrected chi connectivity index (χ0v) is 20.3. The van der Waals surface area contributed by atoms with Crippen LogP contribution in [0.1, 0.15) is 34.5 Å². The second-order valence-electron chi connectivity index (χ2n) is 8.98. The Labute approximate surface area is 211 Å². The van der Waals surface area contributed by atoms with Crippen LogP contribution in [0.4, 0.5) is 21.9 Å². The lowest BCUT2D eigenvalue weighted by molar-refractivity contribution is 0.0939. The summed E-state index contributed by atoms with van der Waals surface area (Å²) < 4.78 is 5.84. The summed E-state index contributed by atoms with van der Waals surface area (Å²) in [4.78, 5) is 38.1. The molecule has 1 fully saturated rings. The lowest BCUT2D eigenvalue weighted by atomic mass is 10.1. The van der Waals surface area contributed by atoms with Crippen LogP contribution in [0.2, 0.25) is 0 Å². The van der Waals surface area contributed by atoms with Crippen molar-refractivity contribution in [2.24, 2.45) is 5.73 Å². The number of nitrogens with zero attached hydrogens (tertiary/aromatic N) is 3. The van der Waals surface area contributed by atoms with Crippen molar-refractivity contribution >= 4 is 50.6 Å². The van der Waals surface area contributed by atoms with E-state index in [1.807, 2.05) is 37.3 Å². The van der Waals surface area contributed by atoms with E-state index < -0.39 is 0 Å². The molecule has 1 aromatic carbocycles. The van der Waals surface area contributed by atoms with Crippen LogP contribution in [0.25, 0.3) is 10.2 Å². The van der Waals surface area contributed by atoms with Gasteiger partial charge in [-0.05, 0) is 49.9 Å². The van der Waals surface area contributed by atoms with Crippen molar-refractivity contribution in [2.45, 2.75) is 38.3 Å². The Kier molecular flexibility index (Phi) is 5.54. The van der Waals surface area contributed by atoms with E-state index in [1.54, 1.807) is 29.4 Å². The van der Waals surface area contributed by atoms with E-state index in [9.17, 15) is 9.59 Å². The smallest absolute Gasteiger partial charge is 0.331 e. The number of benzene rings is 1. The van der Waals surface area contributed by atoms with Crippen LogP contribution in [-0.4, -0.2) is 34.0 Å². The summed E-state index contributed by atoms with van der Waals surface area (Å²) in [5.41, 5.74) is 8.69. The Bertz CT molecular complexity index is 1490. The Morgan fingerprint density at radius 1 is 1.19 bits per heavy atom. The summed E-state index contributed by atoms with van der Waals surface area (Å²) in [6.45, 7) is 1.90. The number of hydrogen-bond donors (Lipinski definition) is 3. The standard InChI is InChI=1S/C26H24N6O3S/c1-14-12-20(35-15-6-3-2-4-7-15)29-13-19(14)32-18-10-11-28-25-21(18)22(31-26(32)34)23(36-25)24(33)30-17-9-5-8-16(17)27/h2-4,6-7,10-13,16-17H,5,8-9,27H2,1H3,(H,30,33)(H,31,34). The number of amides is 3. The molecule has 1 aliphatic heterocycles. The zero-order chi connectivity index (χ0) is 24.8. The normalized spacial score (nSPS) is 18.8. The van der Waals surface area contributed by atoms with Crippen LogP contribution in [0.15, 0.2) is 54.9 Å². The number of ether oxygens (including phenoxy) is 1. The van der Waals surface area contributed by atoms with Gasteiger partial charge in [-0.2, -0.15) is 0 Å². The predicted octanol–water partition coefficient (Wildman–Crippen LogP) is 5.09. The van der Waals surface area contributed by atoms with Gasteiger partial charge >= 0.3 is 6.03 Å². The molecule has 2 unspecified atom stereocenters. The highest BCUT2D eigenvalue weighted by Crippen LogP contribution is 2.46. The molecular formula is C26H24N6O3S. The average molecular weight is 501 g/mol. The molecule has 0 bridgehead atoms. The molecule has 6 rings (SSSR count). The van der Waals surface area contributed by atoms with Gasteiger partial charge in [-0.15, -0.1) is 11.3 Å². The third kappa shape index (κ3) is 3.84. The molecule has 4 heterocycles. The fourth-order valence-corrected chi connectivity index (χ4v) is 5.83. The molecule has 0 saturated heterocycles. The maximum absolute atomic E-state index is 13.4. The van der Waals surface area contributed by atoms with Crippen molar-refractivity contribution in [1.82, 2.24) is 15.3 Å². The van der Waals surface area contributed by atoms with Crippen LogP contribution in [0.5, 0.6) is 11.6 Å². The summed E-state index contributed by atoms with van der Waals surface area (Å²) in [6, 6.07) is 12.5. The molecule has 0 radical (unpaired) electrons. The quantitative estimate of drug-likeness (QED) is 0.351. The number of aromatic nitrogens is 2. The number of carbonyl (C=O) groups excluding carboxylic acids is 2.